The van der Waals surface area contributed by atoms with Crippen LogP contribution in [0.25, 0.3) is 0 Å². The first-order valence-corrected chi connectivity index (χ1v) is 6.29. The average Bonchev–Trinajstić information content (AvgIpc) is 2.41. The topological polar surface area (TPSA) is 82.5 Å². The molecule has 102 valence electrons. The third kappa shape index (κ3) is 3.75. The summed E-state index contributed by atoms with van der Waals surface area (Å²) in [6.07, 6.45) is 3.77. The molecule has 19 heavy (non-hydrogen) atoms. The highest BCUT2D eigenvalue weighted by Gasteiger charge is 2.28. The van der Waals surface area contributed by atoms with Gasteiger partial charge in [0.25, 0.3) is 0 Å². The zero-order valence-corrected chi connectivity index (χ0v) is 10.6. The molecule has 1 amide bonds. The highest BCUT2D eigenvalue weighted by Crippen LogP contribution is 2.11. The third-order valence-corrected chi connectivity index (χ3v) is 3.13. The Bertz CT molecular complexity index is 450. The summed E-state index contributed by atoms with van der Waals surface area (Å²) < 4.78 is 0. The fraction of sp³-hybridized carbons (Fsp3) is 0.462. The summed E-state index contributed by atoms with van der Waals surface area (Å²) in [5.74, 6) is -0.907. The smallest absolute Gasteiger partial charge is 0.303 e. The number of aliphatic carboxylic acids is 1. The Labute approximate surface area is 111 Å². The largest absolute Gasteiger partial charge is 0.481 e. The molecule has 2 N–H and O–H groups in total. The van der Waals surface area contributed by atoms with Gasteiger partial charge in [-0.25, -0.2) is 0 Å². The van der Waals surface area contributed by atoms with E-state index in [0.29, 0.717) is 26.1 Å². The summed E-state index contributed by atoms with van der Waals surface area (Å²) in [6, 6.07) is 3.37. The fourth-order valence-electron chi connectivity index (χ4n) is 2.15. The summed E-state index contributed by atoms with van der Waals surface area (Å²) in [4.78, 5) is 28.5. The van der Waals surface area contributed by atoms with E-state index in [-0.39, 0.29) is 18.4 Å². The lowest BCUT2D eigenvalue weighted by Gasteiger charge is -2.33. The van der Waals surface area contributed by atoms with Crippen molar-refractivity contribution in [2.45, 2.75) is 25.4 Å². The van der Waals surface area contributed by atoms with Gasteiger partial charge in [0.15, 0.2) is 0 Å². The Balaban J connectivity index is 1.94. The molecule has 1 saturated heterocycles. The molecule has 1 aromatic heterocycles. The number of carbonyl (C=O) groups excluding carboxylic acids is 1. The van der Waals surface area contributed by atoms with Crippen molar-refractivity contribution in [2.24, 2.45) is 0 Å². The van der Waals surface area contributed by atoms with Crippen LogP contribution in [-0.4, -0.2) is 46.0 Å². The van der Waals surface area contributed by atoms with Gasteiger partial charge in [-0.2, -0.15) is 0 Å². The highest BCUT2D eigenvalue weighted by molar-refractivity contribution is 5.83. The maximum Gasteiger partial charge on any atom is 0.303 e. The fourth-order valence-corrected chi connectivity index (χ4v) is 2.15. The number of nitrogens with zero attached hydrogens (tertiary/aromatic N) is 2. The van der Waals surface area contributed by atoms with Crippen LogP contribution in [0.2, 0.25) is 0 Å². The number of carboxylic acids is 1. The number of piperazine rings is 1. The maximum absolute atomic E-state index is 12.2. The van der Waals surface area contributed by atoms with Crippen LogP contribution < -0.4 is 5.32 Å². The van der Waals surface area contributed by atoms with E-state index in [4.69, 9.17) is 5.11 Å². The second-order valence-electron chi connectivity index (χ2n) is 4.56. The molecule has 0 radical (unpaired) electrons. The van der Waals surface area contributed by atoms with Crippen LogP contribution in [-0.2, 0) is 16.1 Å². The van der Waals surface area contributed by atoms with Crippen LogP contribution in [0.1, 0.15) is 18.4 Å². The second kappa shape index (κ2) is 6.29. The molecule has 1 aromatic rings. The molecular weight excluding hydrogens is 246 g/mol. The van der Waals surface area contributed by atoms with E-state index in [9.17, 15) is 9.59 Å². The summed E-state index contributed by atoms with van der Waals surface area (Å²) in [5.41, 5.74) is 0.981. The van der Waals surface area contributed by atoms with Gasteiger partial charge < -0.3 is 15.3 Å². The normalized spacial score (nSPS) is 19.5. The molecule has 6 heteroatoms. The Hall–Kier alpha value is -1.95. The number of hydrogen-bond donors (Lipinski definition) is 2. The first kappa shape index (κ1) is 13.5. The van der Waals surface area contributed by atoms with Crippen molar-refractivity contribution in [1.29, 1.82) is 0 Å². The van der Waals surface area contributed by atoms with Gasteiger partial charge in [0, 0.05) is 38.4 Å². The van der Waals surface area contributed by atoms with Crippen molar-refractivity contribution in [3.63, 3.8) is 0 Å². The predicted octanol–water partition coefficient (Wildman–Crippen LogP) is 0.247. The number of carboxylic acid groups (broad SMARTS) is 1. The summed E-state index contributed by atoms with van der Waals surface area (Å²) in [7, 11) is 0. The molecule has 0 aromatic carbocycles. The van der Waals surface area contributed by atoms with Gasteiger partial charge in [-0.3, -0.25) is 14.6 Å². The van der Waals surface area contributed by atoms with E-state index in [1.54, 1.807) is 17.3 Å². The minimum Gasteiger partial charge on any atom is -0.481 e. The number of carbonyl (C=O) groups is 2. The van der Waals surface area contributed by atoms with Gasteiger partial charge in [0.2, 0.25) is 5.91 Å². The number of pyridine rings is 1. The van der Waals surface area contributed by atoms with Gasteiger partial charge in [-0.15, -0.1) is 0 Å². The van der Waals surface area contributed by atoms with Crippen LogP contribution in [0.5, 0.6) is 0 Å². The van der Waals surface area contributed by atoms with Crippen molar-refractivity contribution < 1.29 is 14.7 Å². The summed E-state index contributed by atoms with van der Waals surface area (Å²) in [6.45, 7) is 1.85. The average molecular weight is 263 g/mol. The molecule has 6 nitrogen and oxygen atoms in total. The molecule has 1 fully saturated rings. The lowest BCUT2D eigenvalue weighted by Crippen LogP contribution is -2.54. The van der Waals surface area contributed by atoms with E-state index >= 15 is 0 Å². The van der Waals surface area contributed by atoms with Crippen LogP contribution in [0.15, 0.2) is 24.5 Å². The molecule has 1 aliphatic rings. The standard InChI is InChI=1S/C13H17N3O3/c17-12(18)4-3-11-13(19)16(7-6-15-11)9-10-2-1-5-14-8-10/h1-2,5,8,11,15H,3-4,6-7,9H2,(H,17,18). The van der Waals surface area contributed by atoms with Gasteiger partial charge in [0.05, 0.1) is 6.04 Å². The summed E-state index contributed by atoms with van der Waals surface area (Å²) in [5, 5.41) is 11.7. The second-order valence-corrected chi connectivity index (χ2v) is 4.56. The minimum atomic E-state index is -0.876. The molecule has 0 saturated carbocycles. The molecule has 0 bridgehead atoms. The van der Waals surface area contributed by atoms with Gasteiger partial charge in [-0.05, 0) is 18.1 Å². The Morgan fingerprint density at radius 1 is 1.58 bits per heavy atom. The van der Waals surface area contributed by atoms with Crippen molar-refractivity contribution >= 4 is 11.9 Å². The third-order valence-electron chi connectivity index (χ3n) is 3.13. The van der Waals surface area contributed by atoms with Crippen LogP contribution in [0, 0.1) is 0 Å². The van der Waals surface area contributed by atoms with Crippen LogP contribution in [0.4, 0.5) is 0 Å². The quantitative estimate of drug-likeness (QED) is 0.795. The minimum absolute atomic E-state index is 0.00411. The van der Waals surface area contributed by atoms with E-state index in [2.05, 4.69) is 10.3 Å². The van der Waals surface area contributed by atoms with Gasteiger partial charge in [0.1, 0.15) is 0 Å². The molecule has 2 heterocycles. The molecule has 1 unspecified atom stereocenters. The Morgan fingerprint density at radius 2 is 2.42 bits per heavy atom. The van der Waals surface area contributed by atoms with E-state index in [1.165, 1.54) is 0 Å². The van der Waals surface area contributed by atoms with Crippen molar-refractivity contribution in [3.05, 3.63) is 30.1 Å². The lowest BCUT2D eigenvalue weighted by molar-refractivity contribution is -0.139. The number of nitrogens with one attached hydrogen (secondary N) is 1. The molecular formula is C13H17N3O3. The van der Waals surface area contributed by atoms with E-state index in [1.807, 2.05) is 12.1 Å². The molecule has 0 spiro atoms. The zero-order chi connectivity index (χ0) is 13.7. The van der Waals surface area contributed by atoms with Crippen molar-refractivity contribution in [3.8, 4) is 0 Å². The Kier molecular flexibility index (Phi) is 4.46. The van der Waals surface area contributed by atoms with Crippen molar-refractivity contribution in [1.82, 2.24) is 15.2 Å². The monoisotopic (exact) mass is 263 g/mol. The van der Waals surface area contributed by atoms with Crippen molar-refractivity contribution in [2.75, 3.05) is 13.1 Å². The molecule has 1 atom stereocenters. The number of aromatic nitrogens is 1. The predicted molar refractivity (Wildman–Crippen MR) is 68.3 cm³/mol. The number of amides is 1. The first-order chi connectivity index (χ1) is 9.16. The molecule has 1 aliphatic heterocycles. The van der Waals surface area contributed by atoms with Crippen LogP contribution >= 0.6 is 0 Å². The molecule has 2 rings (SSSR count). The van der Waals surface area contributed by atoms with E-state index < -0.39 is 5.97 Å². The number of hydrogen-bond acceptors (Lipinski definition) is 4. The van der Waals surface area contributed by atoms with E-state index in [0.717, 1.165) is 5.56 Å². The summed E-state index contributed by atoms with van der Waals surface area (Å²) >= 11 is 0. The molecule has 0 aliphatic carbocycles. The SMILES string of the molecule is O=C(O)CCC1NCCN(Cc2cccnc2)C1=O. The first-order valence-electron chi connectivity index (χ1n) is 6.29. The van der Waals surface area contributed by atoms with Gasteiger partial charge >= 0.3 is 5.97 Å². The maximum atomic E-state index is 12.2. The van der Waals surface area contributed by atoms with Crippen LogP contribution in [0.3, 0.4) is 0 Å². The Morgan fingerprint density at radius 3 is 3.11 bits per heavy atom. The zero-order valence-electron chi connectivity index (χ0n) is 10.6. The number of rotatable bonds is 5. The lowest BCUT2D eigenvalue weighted by atomic mass is 10.1. The highest BCUT2D eigenvalue weighted by atomic mass is 16.4. The van der Waals surface area contributed by atoms with Gasteiger partial charge in [-0.1, -0.05) is 6.07 Å².